The van der Waals surface area contributed by atoms with Gasteiger partial charge >= 0.3 is 0 Å². The van der Waals surface area contributed by atoms with Crippen LogP contribution in [0, 0.1) is 10.1 Å². The van der Waals surface area contributed by atoms with Gasteiger partial charge in [0.2, 0.25) is 10.0 Å². The van der Waals surface area contributed by atoms with Crippen molar-refractivity contribution in [2.24, 2.45) is 7.05 Å². The molecule has 1 aromatic heterocycles. The first-order valence-electron chi connectivity index (χ1n) is 5.62. The molecule has 0 aliphatic heterocycles. The second kappa shape index (κ2) is 5.39. The maximum absolute atomic E-state index is 12.1. The van der Waals surface area contributed by atoms with Gasteiger partial charge in [0.25, 0.3) is 5.69 Å². The molecule has 0 fully saturated rings. The quantitative estimate of drug-likeness (QED) is 0.649. The fraction of sp³-hybridized carbons (Fsp3) is 0.182. The van der Waals surface area contributed by atoms with Gasteiger partial charge in [-0.1, -0.05) is 12.1 Å². The summed E-state index contributed by atoms with van der Waals surface area (Å²) in [4.78, 5) is 9.78. The molecule has 0 unspecified atom stereocenters. The Labute approximate surface area is 115 Å². The molecule has 9 heteroatoms. The Kier molecular flexibility index (Phi) is 3.81. The average Bonchev–Trinajstić information content (AvgIpc) is 2.82. The summed E-state index contributed by atoms with van der Waals surface area (Å²) in [5.41, 5.74) is 0.192. The Morgan fingerprint density at radius 2 is 2.05 bits per heavy atom. The van der Waals surface area contributed by atoms with E-state index < -0.39 is 20.6 Å². The molecule has 0 radical (unpaired) electrons. The van der Waals surface area contributed by atoms with E-state index in [1.54, 1.807) is 13.1 Å². The minimum Gasteiger partial charge on any atom is -0.271 e. The number of hydrogen-bond donors (Lipinski definition) is 1. The number of nitrogens with one attached hydrogen (secondary N) is 1. The van der Waals surface area contributed by atoms with Gasteiger partial charge in [0.15, 0.2) is 4.90 Å². The first-order chi connectivity index (χ1) is 9.42. The predicted molar refractivity (Wildman–Crippen MR) is 70.3 cm³/mol. The van der Waals surface area contributed by atoms with Gasteiger partial charge in [-0.2, -0.15) is 5.10 Å². The number of sulfonamides is 1. The molecule has 0 saturated carbocycles. The molecule has 0 amide bonds. The lowest BCUT2D eigenvalue weighted by Gasteiger charge is -2.07. The summed E-state index contributed by atoms with van der Waals surface area (Å²) in [5, 5.41) is 14.8. The number of nitro benzene ring substituents is 1. The molecule has 0 aliphatic carbocycles. The summed E-state index contributed by atoms with van der Waals surface area (Å²) in [7, 11) is -2.29. The maximum atomic E-state index is 12.1. The standard InChI is InChI=1S/C11H12N4O4S/c1-14-9(6-7-12-14)8-13-20(18,19)11-5-3-2-4-10(11)15(16)17/h2-7,13H,8H2,1H3. The van der Waals surface area contributed by atoms with Crippen molar-refractivity contribution in [3.8, 4) is 0 Å². The van der Waals surface area contributed by atoms with Crippen LogP contribution in [0.2, 0.25) is 0 Å². The van der Waals surface area contributed by atoms with E-state index in [0.717, 1.165) is 6.07 Å². The maximum Gasteiger partial charge on any atom is 0.289 e. The molecule has 2 rings (SSSR count). The summed E-state index contributed by atoms with van der Waals surface area (Å²) in [6, 6.07) is 6.86. The average molecular weight is 296 g/mol. The van der Waals surface area contributed by atoms with E-state index in [2.05, 4.69) is 9.82 Å². The van der Waals surface area contributed by atoms with Crippen LogP contribution in [0.3, 0.4) is 0 Å². The fourth-order valence-corrected chi connectivity index (χ4v) is 2.83. The monoisotopic (exact) mass is 296 g/mol. The number of aromatic nitrogens is 2. The van der Waals surface area contributed by atoms with Gasteiger partial charge in [0.05, 0.1) is 17.2 Å². The van der Waals surface area contributed by atoms with Crippen LogP contribution in [0.1, 0.15) is 5.69 Å². The van der Waals surface area contributed by atoms with Crippen LogP contribution in [-0.4, -0.2) is 23.1 Å². The smallest absolute Gasteiger partial charge is 0.271 e. The van der Waals surface area contributed by atoms with E-state index in [0.29, 0.717) is 5.69 Å². The van der Waals surface area contributed by atoms with E-state index in [9.17, 15) is 18.5 Å². The highest BCUT2D eigenvalue weighted by molar-refractivity contribution is 7.89. The van der Waals surface area contributed by atoms with E-state index in [4.69, 9.17) is 0 Å². The first-order valence-corrected chi connectivity index (χ1v) is 7.10. The fourth-order valence-electron chi connectivity index (χ4n) is 1.66. The third-order valence-corrected chi connectivity index (χ3v) is 4.17. The number of benzene rings is 1. The van der Waals surface area contributed by atoms with Gasteiger partial charge < -0.3 is 0 Å². The zero-order valence-corrected chi connectivity index (χ0v) is 11.4. The van der Waals surface area contributed by atoms with Gasteiger partial charge in [0.1, 0.15) is 0 Å². The third kappa shape index (κ3) is 2.83. The van der Waals surface area contributed by atoms with Crippen molar-refractivity contribution >= 4 is 15.7 Å². The number of rotatable bonds is 5. The van der Waals surface area contributed by atoms with Crippen molar-refractivity contribution in [2.45, 2.75) is 11.4 Å². The van der Waals surface area contributed by atoms with E-state index >= 15 is 0 Å². The number of nitro groups is 1. The molecular formula is C11H12N4O4S. The summed E-state index contributed by atoms with van der Waals surface area (Å²) in [6.45, 7) is 0.00484. The number of para-hydroxylation sites is 1. The van der Waals surface area contributed by atoms with Gasteiger partial charge in [0, 0.05) is 19.3 Å². The molecule has 0 spiro atoms. The number of hydrogen-bond acceptors (Lipinski definition) is 5. The van der Waals surface area contributed by atoms with Gasteiger partial charge in [-0.25, -0.2) is 13.1 Å². The van der Waals surface area contributed by atoms with Crippen LogP contribution in [0.5, 0.6) is 0 Å². The molecule has 106 valence electrons. The molecule has 20 heavy (non-hydrogen) atoms. The third-order valence-electron chi connectivity index (χ3n) is 2.72. The second-order valence-corrected chi connectivity index (χ2v) is 5.73. The number of aryl methyl sites for hydroxylation is 1. The second-order valence-electron chi connectivity index (χ2n) is 4.00. The van der Waals surface area contributed by atoms with Gasteiger partial charge in [-0.15, -0.1) is 0 Å². The highest BCUT2D eigenvalue weighted by Gasteiger charge is 2.24. The Balaban J connectivity index is 2.27. The van der Waals surface area contributed by atoms with Crippen molar-refractivity contribution < 1.29 is 13.3 Å². The summed E-state index contributed by atoms with van der Waals surface area (Å²) in [5.74, 6) is 0. The van der Waals surface area contributed by atoms with E-state index in [-0.39, 0.29) is 11.4 Å². The van der Waals surface area contributed by atoms with Crippen LogP contribution in [0.15, 0.2) is 41.4 Å². The highest BCUT2D eigenvalue weighted by atomic mass is 32.2. The molecule has 8 nitrogen and oxygen atoms in total. The SMILES string of the molecule is Cn1nccc1CNS(=O)(=O)c1ccccc1[N+](=O)[O-]. The molecule has 2 aromatic rings. The highest BCUT2D eigenvalue weighted by Crippen LogP contribution is 2.22. The molecule has 0 aliphatic rings. The van der Waals surface area contributed by atoms with Crippen molar-refractivity contribution in [2.75, 3.05) is 0 Å². The molecule has 0 bridgehead atoms. The van der Waals surface area contributed by atoms with E-state index in [1.807, 2.05) is 0 Å². The van der Waals surface area contributed by atoms with E-state index in [1.165, 1.54) is 29.1 Å². The summed E-state index contributed by atoms with van der Waals surface area (Å²) >= 11 is 0. The summed E-state index contributed by atoms with van der Waals surface area (Å²) in [6.07, 6.45) is 1.54. The van der Waals surface area contributed by atoms with Crippen LogP contribution in [0.25, 0.3) is 0 Å². The minimum absolute atomic E-state index is 0.00484. The summed E-state index contributed by atoms with van der Waals surface area (Å²) < 4.78 is 28.1. The molecule has 1 N–H and O–H groups in total. The van der Waals surface area contributed by atoms with Crippen molar-refractivity contribution in [3.05, 3.63) is 52.3 Å². The van der Waals surface area contributed by atoms with Crippen molar-refractivity contribution in [1.82, 2.24) is 14.5 Å². The normalized spacial score (nSPS) is 11.4. The lowest BCUT2D eigenvalue weighted by Crippen LogP contribution is -2.25. The first kappa shape index (κ1) is 14.2. The van der Waals surface area contributed by atoms with Crippen molar-refractivity contribution in [1.29, 1.82) is 0 Å². The zero-order valence-electron chi connectivity index (χ0n) is 10.6. The Morgan fingerprint density at radius 1 is 1.35 bits per heavy atom. The van der Waals surface area contributed by atoms with Gasteiger partial charge in [-0.05, 0) is 12.1 Å². The lowest BCUT2D eigenvalue weighted by molar-refractivity contribution is -0.387. The van der Waals surface area contributed by atoms with Crippen LogP contribution >= 0.6 is 0 Å². The molecule has 0 saturated heterocycles. The Morgan fingerprint density at radius 3 is 2.65 bits per heavy atom. The van der Waals surface area contributed by atoms with Crippen LogP contribution < -0.4 is 4.72 Å². The minimum atomic E-state index is -3.96. The van der Waals surface area contributed by atoms with Crippen LogP contribution in [-0.2, 0) is 23.6 Å². The largest absolute Gasteiger partial charge is 0.289 e. The van der Waals surface area contributed by atoms with Crippen LogP contribution in [0.4, 0.5) is 5.69 Å². The number of nitrogens with zero attached hydrogens (tertiary/aromatic N) is 3. The van der Waals surface area contributed by atoms with Crippen molar-refractivity contribution in [3.63, 3.8) is 0 Å². The molecule has 0 atom stereocenters. The zero-order chi connectivity index (χ0) is 14.8. The molecule has 1 aromatic carbocycles. The lowest BCUT2D eigenvalue weighted by atomic mass is 10.3. The van der Waals surface area contributed by atoms with Gasteiger partial charge in [-0.3, -0.25) is 14.8 Å². The molecule has 1 heterocycles. The Bertz CT molecular complexity index is 738. The topological polar surface area (TPSA) is 107 Å². The molecular weight excluding hydrogens is 284 g/mol. The predicted octanol–water partition coefficient (Wildman–Crippen LogP) is 0.807. The Hall–Kier alpha value is -2.26.